The number of halogens is 1. The van der Waals surface area contributed by atoms with Gasteiger partial charge in [-0.05, 0) is 38.0 Å². The lowest BCUT2D eigenvalue weighted by atomic mass is 10.1. The van der Waals surface area contributed by atoms with E-state index in [4.69, 9.17) is 16.3 Å². The standard InChI is InChI=1S/C20H27ClN2O3/c1-14-13-23(17-12-15(21)8-9-18(17)26-14)20(25)11-10-19(24)22-16-6-4-2-3-5-7-16/h8-9,12,14,16H,2-7,10-11,13H2,1H3,(H,22,24)/t14-/m0/s1. The van der Waals surface area contributed by atoms with Crippen molar-refractivity contribution in [1.82, 2.24) is 5.32 Å². The van der Waals surface area contributed by atoms with Crippen LogP contribution in [-0.4, -0.2) is 30.5 Å². The molecule has 1 aliphatic carbocycles. The summed E-state index contributed by atoms with van der Waals surface area (Å²) in [4.78, 5) is 26.7. The van der Waals surface area contributed by atoms with Crippen LogP contribution in [0, 0.1) is 0 Å². The van der Waals surface area contributed by atoms with E-state index < -0.39 is 0 Å². The summed E-state index contributed by atoms with van der Waals surface area (Å²) in [6, 6.07) is 5.54. The fourth-order valence-electron chi connectivity index (χ4n) is 3.73. The predicted octanol–water partition coefficient (Wildman–Crippen LogP) is 4.07. The molecule has 1 N–H and O–H groups in total. The summed E-state index contributed by atoms with van der Waals surface area (Å²) >= 11 is 6.07. The highest BCUT2D eigenvalue weighted by Gasteiger charge is 2.28. The third-order valence-electron chi connectivity index (χ3n) is 5.07. The van der Waals surface area contributed by atoms with Crippen molar-refractivity contribution < 1.29 is 14.3 Å². The van der Waals surface area contributed by atoms with Crippen LogP contribution in [0.25, 0.3) is 0 Å². The van der Waals surface area contributed by atoms with E-state index in [2.05, 4.69) is 5.32 Å². The van der Waals surface area contributed by atoms with E-state index in [0.717, 1.165) is 12.8 Å². The zero-order valence-corrected chi connectivity index (χ0v) is 16.1. The van der Waals surface area contributed by atoms with Gasteiger partial charge in [-0.25, -0.2) is 0 Å². The Hall–Kier alpha value is -1.75. The summed E-state index contributed by atoms with van der Waals surface area (Å²) in [7, 11) is 0. The monoisotopic (exact) mass is 378 g/mol. The van der Waals surface area contributed by atoms with Gasteiger partial charge in [0, 0.05) is 23.9 Å². The van der Waals surface area contributed by atoms with Gasteiger partial charge in [-0.2, -0.15) is 0 Å². The zero-order valence-electron chi connectivity index (χ0n) is 15.3. The fraction of sp³-hybridized carbons (Fsp3) is 0.600. The van der Waals surface area contributed by atoms with Crippen molar-refractivity contribution in [1.29, 1.82) is 0 Å². The van der Waals surface area contributed by atoms with Crippen molar-refractivity contribution in [2.24, 2.45) is 0 Å². The molecule has 1 aromatic rings. The van der Waals surface area contributed by atoms with Crippen LogP contribution in [0.3, 0.4) is 0 Å². The van der Waals surface area contributed by atoms with Gasteiger partial charge in [0.1, 0.15) is 11.9 Å². The second-order valence-electron chi connectivity index (χ2n) is 7.30. The number of nitrogens with zero attached hydrogens (tertiary/aromatic N) is 1. The van der Waals surface area contributed by atoms with Gasteiger partial charge in [0.05, 0.1) is 12.2 Å². The van der Waals surface area contributed by atoms with E-state index >= 15 is 0 Å². The van der Waals surface area contributed by atoms with Crippen molar-refractivity contribution >= 4 is 29.1 Å². The second-order valence-corrected chi connectivity index (χ2v) is 7.74. The molecule has 2 aliphatic rings. The Labute approximate surface area is 160 Å². The first kappa shape index (κ1) is 19.0. The van der Waals surface area contributed by atoms with Crippen LogP contribution in [-0.2, 0) is 9.59 Å². The largest absolute Gasteiger partial charge is 0.487 e. The molecule has 2 amide bonds. The Balaban J connectivity index is 1.56. The minimum atomic E-state index is -0.0903. The molecule has 1 fully saturated rings. The van der Waals surface area contributed by atoms with Gasteiger partial charge in [0.15, 0.2) is 0 Å². The van der Waals surface area contributed by atoms with Crippen LogP contribution in [0.4, 0.5) is 5.69 Å². The van der Waals surface area contributed by atoms with Gasteiger partial charge in [-0.1, -0.05) is 37.3 Å². The third-order valence-corrected chi connectivity index (χ3v) is 5.30. The molecule has 0 aromatic heterocycles. The second kappa shape index (κ2) is 8.76. The highest BCUT2D eigenvalue weighted by atomic mass is 35.5. The normalized spacial score (nSPS) is 20.7. The molecule has 3 rings (SSSR count). The number of carbonyl (C=O) groups excluding carboxylic acids is 2. The fourth-order valence-corrected chi connectivity index (χ4v) is 3.89. The molecule has 1 atom stereocenters. The number of nitrogens with one attached hydrogen (secondary N) is 1. The molecule has 26 heavy (non-hydrogen) atoms. The molecule has 142 valence electrons. The number of fused-ring (bicyclic) bond motifs is 1. The zero-order chi connectivity index (χ0) is 18.5. The number of hydrogen-bond donors (Lipinski definition) is 1. The molecule has 6 heteroatoms. The van der Waals surface area contributed by atoms with E-state index in [9.17, 15) is 9.59 Å². The molecule has 1 aliphatic heterocycles. The summed E-state index contributed by atoms with van der Waals surface area (Å²) in [5, 5.41) is 3.66. The number of amides is 2. The lowest BCUT2D eigenvalue weighted by Crippen LogP contribution is -2.43. The number of carbonyl (C=O) groups is 2. The van der Waals surface area contributed by atoms with Gasteiger partial charge < -0.3 is 15.0 Å². The molecule has 0 spiro atoms. The third kappa shape index (κ3) is 4.91. The first-order valence-electron chi connectivity index (χ1n) is 9.59. The maximum atomic E-state index is 12.7. The van der Waals surface area contributed by atoms with E-state index in [1.807, 2.05) is 6.92 Å². The number of rotatable bonds is 4. The number of benzene rings is 1. The molecule has 1 heterocycles. The van der Waals surface area contributed by atoms with Crippen LogP contribution in [0.5, 0.6) is 5.75 Å². The molecule has 1 aromatic carbocycles. The van der Waals surface area contributed by atoms with Gasteiger partial charge >= 0.3 is 0 Å². The maximum Gasteiger partial charge on any atom is 0.227 e. The van der Waals surface area contributed by atoms with Crippen LogP contribution in [0.1, 0.15) is 58.3 Å². The van der Waals surface area contributed by atoms with Crippen molar-refractivity contribution in [3.05, 3.63) is 23.2 Å². The molecular formula is C20H27ClN2O3. The molecule has 0 saturated heterocycles. The smallest absolute Gasteiger partial charge is 0.227 e. The summed E-state index contributed by atoms with van der Waals surface area (Å²) < 4.78 is 5.77. The topological polar surface area (TPSA) is 58.6 Å². The van der Waals surface area contributed by atoms with Gasteiger partial charge in [0.25, 0.3) is 0 Å². The van der Waals surface area contributed by atoms with E-state index in [1.54, 1.807) is 23.1 Å². The van der Waals surface area contributed by atoms with Crippen LogP contribution in [0.2, 0.25) is 5.02 Å². The van der Waals surface area contributed by atoms with Crippen molar-refractivity contribution in [3.8, 4) is 5.75 Å². The summed E-state index contributed by atoms with van der Waals surface area (Å²) in [6.45, 7) is 2.40. The molecule has 0 bridgehead atoms. The molecular weight excluding hydrogens is 352 g/mol. The minimum Gasteiger partial charge on any atom is -0.487 e. The van der Waals surface area contributed by atoms with Gasteiger partial charge in [0.2, 0.25) is 11.8 Å². The highest BCUT2D eigenvalue weighted by molar-refractivity contribution is 6.31. The SMILES string of the molecule is C[C@H]1CN(C(=O)CCC(=O)NC2CCCCCC2)c2cc(Cl)ccc2O1. The maximum absolute atomic E-state index is 12.7. The van der Waals surface area contributed by atoms with Gasteiger partial charge in [-0.15, -0.1) is 0 Å². The van der Waals surface area contributed by atoms with Gasteiger partial charge in [-0.3, -0.25) is 9.59 Å². The van der Waals surface area contributed by atoms with E-state index in [1.165, 1.54) is 25.7 Å². The average molecular weight is 379 g/mol. The Morgan fingerprint density at radius 1 is 1.19 bits per heavy atom. The highest BCUT2D eigenvalue weighted by Crippen LogP contribution is 2.36. The van der Waals surface area contributed by atoms with Crippen molar-refractivity contribution in [2.75, 3.05) is 11.4 Å². The molecule has 5 nitrogen and oxygen atoms in total. The average Bonchev–Trinajstić information content (AvgIpc) is 2.88. The Morgan fingerprint density at radius 3 is 2.65 bits per heavy atom. The Morgan fingerprint density at radius 2 is 1.92 bits per heavy atom. The molecule has 0 unspecified atom stereocenters. The van der Waals surface area contributed by atoms with Crippen molar-refractivity contribution in [2.45, 2.75) is 70.4 Å². The van der Waals surface area contributed by atoms with Crippen LogP contribution in [0.15, 0.2) is 18.2 Å². The lowest BCUT2D eigenvalue weighted by molar-refractivity contribution is -0.125. The lowest BCUT2D eigenvalue weighted by Gasteiger charge is -2.33. The number of hydrogen-bond acceptors (Lipinski definition) is 3. The van der Waals surface area contributed by atoms with E-state index in [-0.39, 0.29) is 36.8 Å². The summed E-state index contributed by atoms with van der Waals surface area (Å²) in [5.74, 6) is 0.557. The first-order valence-corrected chi connectivity index (χ1v) is 9.96. The predicted molar refractivity (Wildman–Crippen MR) is 103 cm³/mol. The Kier molecular flexibility index (Phi) is 6.41. The molecule has 0 radical (unpaired) electrons. The quantitative estimate of drug-likeness (QED) is 0.803. The van der Waals surface area contributed by atoms with E-state index in [0.29, 0.717) is 23.0 Å². The first-order chi connectivity index (χ1) is 12.5. The van der Waals surface area contributed by atoms with Crippen LogP contribution >= 0.6 is 11.6 Å². The summed E-state index contributed by atoms with van der Waals surface area (Å²) in [5.41, 5.74) is 0.685. The number of anilines is 1. The molecule has 1 saturated carbocycles. The van der Waals surface area contributed by atoms with Crippen LogP contribution < -0.4 is 15.0 Å². The number of ether oxygens (including phenoxy) is 1. The Bertz CT molecular complexity index is 656. The van der Waals surface area contributed by atoms with Crippen molar-refractivity contribution in [3.63, 3.8) is 0 Å². The summed E-state index contributed by atoms with van der Waals surface area (Å²) in [6.07, 6.45) is 7.27. The minimum absolute atomic E-state index is 0.0297.